The van der Waals surface area contributed by atoms with Gasteiger partial charge in [0, 0.05) is 38.3 Å². The number of benzene rings is 1. The Balaban J connectivity index is 1.48. The fourth-order valence-corrected chi connectivity index (χ4v) is 3.80. The normalized spacial score (nSPS) is 18.9. The van der Waals surface area contributed by atoms with Gasteiger partial charge < -0.3 is 15.5 Å². The Bertz CT molecular complexity index is 868. The molecule has 29 heavy (non-hydrogen) atoms. The van der Waals surface area contributed by atoms with Crippen molar-refractivity contribution in [3.63, 3.8) is 0 Å². The van der Waals surface area contributed by atoms with Gasteiger partial charge in [-0.15, -0.1) is 0 Å². The number of nitrogens with zero attached hydrogens (tertiary/aromatic N) is 3. The number of aromatic nitrogens is 2. The van der Waals surface area contributed by atoms with Crippen LogP contribution in [-0.2, 0) is 4.79 Å². The van der Waals surface area contributed by atoms with E-state index in [-0.39, 0.29) is 10.9 Å². The van der Waals surface area contributed by atoms with Crippen LogP contribution in [0.5, 0.6) is 0 Å². The molecule has 0 aliphatic heterocycles. The van der Waals surface area contributed by atoms with E-state index in [1.165, 1.54) is 18.2 Å². The minimum Gasteiger partial charge on any atom is -0.367 e. The van der Waals surface area contributed by atoms with Crippen LogP contribution >= 0.6 is 11.6 Å². The number of nitrogens with one attached hydrogen (secondary N) is 2. The van der Waals surface area contributed by atoms with E-state index in [9.17, 15) is 9.18 Å². The van der Waals surface area contributed by atoms with Crippen LogP contribution in [0.25, 0.3) is 0 Å². The van der Waals surface area contributed by atoms with Crippen molar-refractivity contribution in [2.24, 2.45) is 5.92 Å². The zero-order valence-corrected chi connectivity index (χ0v) is 17.8. The van der Waals surface area contributed by atoms with E-state index in [1.54, 1.807) is 0 Å². The summed E-state index contributed by atoms with van der Waals surface area (Å²) in [6.45, 7) is 1.89. The van der Waals surface area contributed by atoms with Crippen molar-refractivity contribution >= 4 is 34.8 Å². The number of rotatable bonds is 6. The molecule has 1 fully saturated rings. The Hall–Kier alpha value is -2.41. The average molecular weight is 420 g/mol. The molecular formula is C21H27ClFN5O. The van der Waals surface area contributed by atoms with E-state index in [0.717, 1.165) is 43.1 Å². The molecule has 0 spiro atoms. The summed E-state index contributed by atoms with van der Waals surface area (Å²) < 4.78 is 13.2. The number of hydrogen-bond donors (Lipinski definition) is 2. The smallest absolute Gasteiger partial charge is 0.224 e. The minimum absolute atomic E-state index is 0.00626. The second-order valence-corrected chi connectivity index (χ2v) is 8.20. The van der Waals surface area contributed by atoms with Crippen molar-refractivity contribution in [2.45, 2.75) is 45.1 Å². The van der Waals surface area contributed by atoms with Crippen molar-refractivity contribution in [1.82, 2.24) is 9.97 Å². The molecule has 1 aliphatic carbocycles. The van der Waals surface area contributed by atoms with Crippen LogP contribution in [0.1, 0.15) is 37.9 Å². The fourth-order valence-electron chi connectivity index (χ4n) is 3.62. The number of carbonyl (C=O) groups is 1. The van der Waals surface area contributed by atoms with Crippen molar-refractivity contribution in [3.8, 4) is 0 Å². The molecule has 3 rings (SSSR count). The summed E-state index contributed by atoms with van der Waals surface area (Å²) in [4.78, 5) is 23.2. The van der Waals surface area contributed by atoms with Crippen LogP contribution in [0, 0.1) is 18.7 Å². The van der Waals surface area contributed by atoms with Crippen molar-refractivity contribution in [1.29, 1.82) is 0 Å². The van der Waals surface area contributed by atoms with E-state index < -0.39 is 5.82 Å². The van der Waals surface area contributed by atoms with E-state index in [2.05, 4.69) is 20.6 Å². The highest BCUT2D eigenvalue weighted by atomic mass is 35.5. The highest BCUT2D eigenvalue weighted by Gasteiger charge is 2.23. The SMILES string of the molecule is Cc1nc(NC2CCC(CC(=O)Nc3ccc(F)c(Cl)c3)CC2)cc(N(C)C)n1. The Kier molecular flexibility index (Phi) is 6.90. The first-order valence-electron chi connectivity index (χ1n) is 9.84. The lowest BCUT2D eigenvalue weighted by Gasteiger charge is -2.29. The molecule has 1 aliphatic rings. The summed E-state index contributed by atoms with van der Waals surface area (Å²) in [5.41, 5.74) is 0.521. The first kappa shape index (κ1) is 21.3. The van der Waals surface area contributed by atoms with Crippen LogP contribution in [0.2, 0.25) is 5.02 Å². The average Bonchev–Trinajstić information content (AvgIpc) is 2.66. The van der Waals surface area contributed by atoms with Crippen molar-refractivity contribution in [2.75, 3.05) is 29.6 Å². The molecule has 0 saturated heterocycles. The molecule has 1 heterocycles. The summed E-state index contributed by atoms with van der Waals surface area (Å²) in [6, 6.07) is 6.51. The molecule has 8 heteroatoms. The molecule has 2 aromatic rings. The van der Waals surface area contributed by atoms with Gasteiger partial charge in [-0.1, -0.05) is 11.6 Å². The van der Waals surface area contributed by atoms with Gasteiger partial charge >= 0.3 is 0 Å². The first-order valence-corrected chi connectivity index (χ1v) is 10.2. The number of hydrogen-bond acceptors (Lipinski definition) is 5. The first-order chi connectivity index (χ1) is 13.8. The maximum Gasteiger partial charge on any atom is 0.224 e. The van der Waals surface area contributed by atoms with Gasteiger partial charge in [-0.05, 0) is 56.7 Å². The maximum atomic E-state index is 13.2. The summed E-state index contributed by atoms with van der Waals surface area (Å²) in [6.07, 6.45) is 4.38. The molecule has 1 aromatic carbocycles. The molecule has 6 nitrogen and oxygen atoms in total. The molecule has 1 aromatic heterocycles. The number of amides is 1. The van der Waals surface area contributed by atoms with Gasteiger partial charge in [-0.25, -0.2) is 14.4 Å². The van der Waals surface area contributed by atoms with Crippen LogP contribution < -0.4 is 15.5 Å². The van der Waals surface area contributed by atoms with Gasteiger partial charge in [-0.3, -0.25) is 4.79 Å². The summed E-state index contributed by atoms with van der Waals surface area (Å²) in [5.74, 6) is 2.25. The van der Waals surface area contributed by atoms with Gasteiger partial charge in [-0.2, -0.15) is 0 Å². The Morgan fingerprint density at radius 1 is 1.21 bits per heavy atom. The molecule has 0 atom stereocenters. The molecule has 0 radical (unpaired) electrons. The molecule has 1 saturated carbocycles. The van der Waals surface area contributed by atoms with Crippen LogP contribution in [0.4, 0.5) is 21.7 Å². The molecule has 156 valence electrons. The monoisotopic (exact) mass is 419 g/mol. The highest BCUT2D eigenvalue weighted by Crippen LogP contribution is 2.29. The zero-order valence-electron chi connectivity index (χ0n) is 17.0. The van der Waals surface area contributed by atoms with Gasteiger partial charge in [0.1, 0.15) is 23.3 Å². The third-order valence-electron chi connectivity index (χ3n) is 5.16. The third-order valence-corrected chi connectivity index (χ3v) is 5.45. The van der Waals surface area contributed by atoms with Gasteiger partial charge in [0.15, 0.2) is 0 Å². The lowest BCUT2D eigenvalue weighted by Crippen LogP contribution is -2.28. The predicted octanol–water partition coefficient (Wildman–Crippen LogP) is 4.64. The standard InChI is InChI=1S/C21H27ClFN5O/c1-13-24-19(12-20(25-13)28(2)3)26-15-6-4-14(5-7-15)10-21(29)27-16-8-9-18(23)17(22)11-16/h8-9,11-12,14-15H,4-7,10H2,1-3H3,(H,27,29)(H,24,25,26). The highest BCUT2D eigenvalue weighted by molar-refractivity contribution is 6.31. The zero-order chi connectivity index (χ0) is 21.0. The van der Waals surface area contributed by atoms with Crippen LogP contribution in [0.15, 0.2) is 24.3 Å². The number of anilines is 3. The topological polar surface area (TPSA) is 70.2 Å². The summed E-state index contributed by atoms with van der Waals surface area (Å²) >= 11 is 5.76. The molecule has 0 bridgehead atoms. The minimum atomic E-state index is -0.493. The van der Waals surface area contributed by atoms with Crippen molar-refractivity contribution in [3.05, 3.63) is 40.9 Å². The Morgan fingerprint density at radius 3 is 2.59 bits per heavy atom. The second-order valence-electron chi connectivity index (χ2n) is 7.80. The second kappa shape index (κ2) is 9.39. The van der Waals surface area contributed by atoms with Gasteiger partial charge in [0.2, 0.25) is 5.91 Å². The maximum absolute atomic E-state index is 13.2. The Morgan fingerprint density at radius 2 is 1.93 bits per heavy atom. The number of carbonyl (C=O) groups excluding carboxylic acids is 1. The van der Waals surface area contributed by atoms with E-state index >= 15 is 0 Å². The molecule has 0 unspecified atom stereocenters. The number of aryl methyl sites for hydroxylation is 1. The Labute approximate surface area is 175 Å². The van der Waals surface area contributed by atoms with Crippen molar-refractivity contribution < 1.29 is 9.18 Å². The molecule has 2 N–H and O–H groups in total. The summed E-state index contributed by atoms with van der Waals surface area (Å²) in [5, 5.41) is 6.32. The lowest BCUT2D eigenvalue weighted by atomic mass is 9.84. The fraction of sp³-hybridized carbons (Fsp3) is 0.476. The van der Waals surface area contributed by atoms with Crippen LogP contribution in [-0.4, -0.2) is 36.0 Å². The molecular weight excluding hydrogens is 393 g/mol. The quantitative estimate of drug-likeness (QED) is 0.713. The predicted molar refractivity (Wildman–Crippen MR) is 115 cm³/mol. The van der Waals surface area contributed by atoms with E-state index in [1.807, 2.05) is 32.0 Å². The van der Waals surface area contributed by atoms with E-state index in [4.69, 9.17) is 11.6 Å². The molecule has 1 amide bonds. The van der Waals surface area contributed by atoms with Gasteiger partial charge in [0.25, 0.3) is 0 Å². The van der Waals surface area contributed by atoms with Crippen LogP contribution in [0.3, 0.4) is 0 Å². The largest absolute Gasteiger partial charge is 0.367 e. The third kappa shape index (κ3) is 6.03. The summed E-state index contributed by atoms with van der Waals surface area (Å²) in [7, 11) is 3.92. The number of halogens is 2. The lowest BCUT2D eigenvalue weighted by molar-refractivity contribution is -0.117. The van der Waals surface area contributed by atoms with E-state index in [0.29, 0.717) is 24.1 Å². The van der Waals surface area contributed by atoms with Gasteiger partial charge in [0.05, 0.1) is 5.02 Å².